The van der Waals surface area contributed by atoms with Crippen LogP contribution in [0.15, 0.2) is 78.9 Å². The van der Waals surface area contributed by atoms with E-state index in [-0.39, 0.29) is 6.03 Å². The van der Waals surface area contributed by atoms with E-state index >= 15 is 0 Å². The second-order valence-corrected chi connectivity index (χ2v) is 7.49. The fourth-order valence-corrected chi connectivity index (χ4v) is 3.60. The molecular weight excluding hydrogens is 392 g/mol. The molecule has 4 rings (SSSR count). The van der Waals surface area contributed by atoms with Gasteiger partial charge in [-0.25, -0.2) is 9.59 Å². The van der Waals surface area contributed by atoms with Crippen molar-refractivity contribution in [1.29, 1.82) is 0 Å². The largest absolute Gasteiger partial charge is 0.489 e. The summed E-state index contributed by atoms with van der Waals surface area (Å²) in [5.74, 6) is -0.297. The number of carboxylic acid groups (broad SMARTS) is 1. The number of ether oxygens (including phenoxy) is 1. The summed E-state index contributed by atoms with van der Waals surface area (Å²) in [6, 6.07) is 24.6. The lowest BCUT2D eigenvalue weighted by molar-refractivity contribution is -0.141. The molecule has 1 fully saturated rings. The van der Waals surface area contributed by atoms with Crippen LogP contribution in [-0.2, 0) is 11.4 Å². The highest BCUT2D eigenvalue weighted by atomic mass is 16.5. The second kappa shape index (κ2) is 8.92. The number of amides is 2. The van der Waals surface area contributed by atoms with E-state index in [1.165, 1.54) is 17.4 Å². The number of carboxylic acids is 1. The maximum Gasteiger partial charge on any atom is 0.326 e. The predicted octanol–water partition coefficient (Wildman–Crippen LogP) is 4.65. The average molecular weight is 416 g/mol. The van der Waals surface area contributed by atoms with E-state index in [1.807, 2.05) is 42.5 Å². The molecule has 0 aliphatic carbocycles. The summed E-state index contributed by atoms with van der Waals surface area (Å²) >= 11 is 0. The van der Waals surface area contributed by atoms with Gasteiger partial charge < -0.3 is 14.7 Å². The molecule has 1 unspecified atom stereocenters. The number of hydrogen-bond donors (Lipinski definition) is 1. The Labute approximate surface area is 181 Å². The Kier molecular flexibility index (Phi) is 5.89. The van der Waals surface area contributed by atoms with Gasteiger partial charge in [0.2, 0.25) is 0 Å². The molecule has 1 saturated heterocycles. The van der Waals surface area contributed by atoms with Gasteiger partial charge in [-0.05, 0) is 47.9 Å². The first-order valence-corrected chi connectivity index (χ1v) is 10.2. The minimum Gasteiger partial charge on any atom is -0.489 e. The lowest BCUT2D eigenvalue weighted by Crippen LogP contribution is -2.42. The van der Waals surface area contributed by atoms with Crippen molar-refractivity contribution in [2.24, 2.45) is 0 Å². The highest BCUT2D eigenvalue weighted by Gasteiger charge is 2.35. The molecule has 2 amide bonds. The highest BCUT2D eigenvalue weighted by Crippen LogP contribution is 2.25. The van der Waals surface area contributed by atoms with E-state index in [0.717, 1.165) is 16.8 Å². The Bertz CT molecular complexity index is 1050. The maximum absolute atomic E-state index is 12.5. The van der Waals surface area contributed by atoms with Crippen molar-refractivity contribution in [3.63, 3.8) is 0 Å². The van der Waals surface area contributed by atoms with E-state index < -0.39 is 12.0 Å². The third kappa shape index (κ3) is 4.53. The number of rotatable bonds is 7. The molecule has 6 heteroatoms. The molecule has 3 aromatic carbocycles. The van der Waals surface area contributed by atoms with Crippen molar-refractivity contribution in [2.45, 2.75) is 19.6 Å². The summed E-state index contributed by atoms with van der Waals surface area (Å²) in [6.45, 7) is 2.82. The second-order valence-electron chi connectivity index (χ2n) is 7.49. The van der Waals surface area contributed by atoms with Gasteiger partial charge in [0.1, 0.15) is 18.4 Å². The topological polar surface area (TPSA) is 70.1 Å². The Morgan fingerprint density at radius 1 is 0.935 bits per heavy atom. The maximum atomic E-state index is 12.5. The number of hydrogen-bond acceptors (Lipinski definition) is 3. The quantitative estimate of drug-likeness (QED) is 0.609. The van der Waals surface area contributed by atoms with Crippen molar-refractivity contribution in [1.82, 2.24) is 4.90 Å². The number of carbonyl (C=O) groups is 2. The van der Waals surface area contributed by atoms with Crippen molar-refractivity contribution in [3.8, 4) is 16.9 Å². The van der Waals surface area contributed by atoms with Gasteiger partial charge in [-0.15, -0.1) is 0 Å². The Hall–Kier alpha value is -3.80. The van der Waals surface area contributed by atoms with Crippen LogP contribution in [0, 0.1) is 0 Å². The zero-order valence-corrected chi connectivity index (χ0v) is 17.3. The number of benzene rings is 3. The van der Waals surface area contributed by atoms with Gasteiger partial charge in [-0.1, -0.05) is 54.6 Å². The van der Waals surface area contributed by atoms with Crippen LogP contribution in [0.25, 0.3) is 11.1 Å². The Morgan fingerprint density at radius 2 is 1.58 bits per heavy atom. The smallest absolute Gasteiger partial charge is 0.326 e. The molecule has 1 N–H and O–H groups in total. The van der Waals surface area contributed by atoms with E-state index in [0.29, 0.717) is 25.4 Å². The van der Waals surface area contributed by atoms with Crippen LogP contribution in [0.4, 0.5) is 10.5 Å². The summed E-state index contributed by atoms with van der Waals surface area (Å²) in [5, 5.41) is 9.15. The summed E-state index contributed by atoms with van der Waals surface area (Å²) in [6.07, 6.45) is 0. The first-order chi connectivity index (χ1) is 15.0. The monoisotopic (exact) mass is 416 g/mol. The van der Waals surface area contributed by atoms with Gasteiger partial charge in [-0.3, -0.25) is 4.90 Å². The summed E-state index contributed by atoms with van der Waals surface area (Å²) in [5.41, 5.74) is 4.13. The molecule has 1 aliphatic heterocycles. The Balaban J connectivity index is 1.35. The lowest BCUT2D eigenvalue weighted by atomic mass is 10.0. The molecule has 31 heavy (non-hydrogen) atoms. The summed E-state index contributed by atoms with van der Waals surface area (Å²) in [7, 11) is 0. The van der Waals surface area contributed by atoms with Gasteiger partial charge in [0.25, 0.3) is 0 Å². The zero-order chi connectivity index (χ0) is 21.8. The third-order valence-corrected chi connectivity index (χ3v) is 5.48. The number of aliphatic carboxylic acids is 1. The number of anilines is 1. The molecule has 0 radical (unpaired) electrons. The number of nitrogens with zero attached hydrogens (tertiary/aromatic N) is 2. The van der Waals surface area contributed by atoms with Crippen LogP contribution in [-0.4, -0.2) is 41.1 Å². The molecule has 0 aromatic heterocycles. The molecular formula is C25H24N2O4. The SMILES string of the molecule is CC(C(=O)O)N1CCN(c2ccc(OCc3ccc(-c4ccccc4)cc3)cc2)C1=O. The molecule has 0 spiro atoms. The number of urea groups is 1. The molecule has 3 aromatic rings. The van der Waals surface area contributed by atoms with Gasteiger partial charge in [0.05, 0.1) is 0 Å². The van der Waals surface area contributed by atoms with E-state index in [2.05, 4.69) is 36.4 Å². The predicted molar refractivity (Wildman–Crippen MR) is 119 cm³/mol. The molecule has 6 nitrogen and oxygen atoms in total. The van der Waals surface area contributed by atoms with Gasteiger partial charge in [-0.2, -0.15) is 0 Å². The van der Waals surface area contributed by atoms with Crippen molar-refractivity contribution < 1.29 is 19.4 Å². The lowest BCUT2D eigenvalue weighted by Gasteiger charge is -2.21. The van der Waals surface area contributed by atoms with Gasteiger partial charge in [0, 0.05) is 18.8 Å². The van der Waals surface area contributed by atoms with Crippen molar-refractivity contribution in [3.05, 3.63) is 84.4 Å². The van der Waals surface area contributed by atoms with E-state index in [1.54, 1.807) is 4.90 Å². The normalized spacial score (nSPS) is 14.5. The standard InChI is InChI=1S/C25H24N2O4/c1-18(24(28)29)26-15-16-27(25(26)30)22-11-13-23(14-12-22)31-17-19-7-9-21(10-8-19)20-5-3-2-4-6-20/h2-14,18H,15-17H2,1H3,(H,28,29). The fraction of sp³-hybridized carbons (Fsp3) is 0.200. The molecule has 0 saturated carbocycles. The van der Waals surface area contributed by atoms with Gasteiger partial charge in [0.15, 0.2) is 0 Å². The summed E-state index contributed by atoms with van der Waals surface area (Å²) < 4.78 is 5.88. The minimum absolute atomic E-state index is 0.290. The van der Waals surface area contributed by atoms with Crippen molar-refractivity contribution >= 4 is 17.7 Å². The molecule has 1 heterocycles. The van der Waals surface area contributed by atoms with Crippen LogP contribution >= 0.6 is 0 Å². The highest BCUT2D eigenvalue weighted by molar-refractivity contribution is 5.96. The van der Waals surface area contributed by atoms with E-state index in [9.17, 15) is 9.59 Å². The first-order valence-electron chi connectivity index (χ1n) is 10.2. The van der Waals surface area contributed by atoms with Crippen LogP contribution in [0.1, 0.15) is 12.5 Å². The average Bonchev–Trinajstić information content (AvgIpc) is 3.19. The Morgan fingerprint density at radius 3 is 2.23 bits per heavy atom. The fourth-order valence-electron chi connectivity index (χ4n) is 3.60. The molecule has 1 aliphatic rings. The first kappa shape index (κ1) is 20.5. The van der Waals surface area contributed by atoms with E-state index in [4.69, 9.17) is 9.84 Å². The van der Waals surface area contributed by atoms with Crippen LogP contribution < -0.4 is 9.64 Å². The third-order valence-electron chi connectivity index (χ3n) is 5.48. The van der Waals surface area contributed by atoms with Gasteiger partial charge >= 0.3 is 12.0 Å². The van der Waals surface area contributed by atoms with Crippen LogP contribution in [0.2, 0.25) is 0 Å². The minimum atomic E-state index is -1.00. The molecule has 1 atom stereocenters. The molecule has 158 valence electrons. The zero-order valence-electron chi connectivity index (χ0n) is 17.3. The number of carbonyl (C=O) groups excluding carboxylic acids is 1. The van der Waals surface area contributed by atoms with Crippen molar-refractivity contribution in [2.75, 3.05) is 18.0 Å². The van der Waals surface area contributed by atoms with Crippen LogP contribution in [0.5, 0.6) is 5.75 Å². The molecule has 0 bridgehead atoms. The van der Waals surface area contributed by atoms with Crippen LogP contribution in [0.3, 0.4) is 0 Å². The summed E-state index contributed by atoms with van der Waals surface area (Å²) in [4.78, 5) is 26.7.